The van der Waals surface area contributed by atoms with Crippen molar-refractivity contribution < 1.29 is 14.7 Å². The normalized spacial score (nSPS) is 12.2. The largest absolute Gasteiger partial charge is 0.476 e. The molecule has 8 heteroatoms. The number of benzene rings is 1. The standard InChI is InChI=1S/C17H19N5O3/c1-3-9-21-14-7-5-4-6-12(14)18-17(21)19-15(23)11(2)22-10-8-13(20-22)16(24)25/h4-8,10-11H,3,9H2,1-2H3,(H,24,25)(H,18,19,23). The summed E-state index contributed by atoms with van der Waals surface area (Å²) in [5.74, 6) is -0.964. The number of aromatic carboxylic acids is 1. The zero-order valence-electron chi connectivity index (χ0n) is 14.0. The topological polar surface area (TPSA) is 102 Å². The van der Waals surface area contributed by atoms with Crippen LogP contribution in [0.1, 0.15) is 36.8 Å². The van der Waals surface area contributed by atoms with E-state index in [9.17, 15) is 9.59 Å². The Kier molecular flexibility index (Phi) is 4.51. The number of nitrogens with one attached hydrogen (secondary N) is 1. The van der Waals surface area contributed by atoms with Crippen molar-refractivity contribution in [3.05, 3.63) is 42.2 Å². The SMILES string of the molecule is CCCn1c(NC(=O)C(C)n2ccc(C(=O)O)n2)nc2ccccc21. The molecule has 0 aliphatic rings. The first-order chi connectivity index (χ1) is 12.0. The molecular formula is C17H19N5O3. The summed E-state index contributed by atoms with van der Waals surface area (Å²) in [5.41, 5.74) is 1.67. The van der Waals surface area contributed by atoms with Gasteiger partial charge in [0.05, 0.1) is 11.0 Å². The van der Waals surface area contributed by atoms with Crippen molar-refractivity contribution >= 4 is 28.9 Å². The zero-order valence-corrected chi connectivity index (χ0v) is 14.0. The van der Waals surface area contributed by atoms with Crippen LogP contribution in [0.5, 0.6) is 0 Å². The maximum atomic E-state index is 12.6. The Balaban J connectivity index is 1.85. The van der Waals surface area contributed by atoms with Gasteiger partial charge in [-0.2, -0.15) is 5.10 Å². The molecule has 0 bridgehead atoms. The maximum absolute atomic E-state index is 12.6. The summed E-state index contributed by atoms with van der Waals surface area (Å²) in [6.07, 6.45) is 2.38. The number of carboxylic acids is 1. The van der Waals surface area contributed by atoms with Crippen molar-refractivity contribution in [2.24, 2.45) is 0 Å². The number of hydrogen-bond donors (Lipinski definition) is 2. The summed E-state index contributed by atoms with van der Waals surface area (Å²) in [4.78, 5) is 28.0. The number of amides is 1. The molecule has 8 nitrogen and oxygen atoms in total. The van der Waals surface area contributed by atoms with Gasteiger partial charge in [0.15, 0.2) is 5.69 Å². The number of aromatic nitrogens is 4. The number of nitrogens with zero attached hydrogens (tertiary/aromatic N) is 4. The predicted octanol–water partition coefficient (Wildman–Crippen LogP) is 2.54. The summed E-state index contributed by atoms with van der Waals surface area (Å²) >= 11 is 0. The second-order valence-corrected chi connectivity index (χ2v) is 5.73. The lowest BCUT2D eigenvalue weighted by Gasteiger charge is -2.13. The highest BCUT2D eigenvalue weighted by molar-refractivity contribution is 5.94. The van der Waals surface area contributed by atoms with Crippen molar-refractivity contribution in [3.63, 3.8) is 0 Å². The van der Waals surface area contributed by atoms with E-state index in [-0.39, 0.29) is 11.6 Å². The summed E-state index contributed by atoms with van der Waals surface area (Å²) in [7, 11) is 0. The van der Waals surface area contributed by atoms with Gasteiger partial charge in [-0.15, -0.1) is 0 Å². The number of anilines is 1. The van der Waals surface area contributed by atoms with E-state index in [1.807, 2.05) is 28.8 Å². The highest BCUT2D eigenvalue weighted by Crippen LogP contribution is 2.21. The molecule has 0 spiro atoms. The van der Waals surface area contributed by atoms with Crippen LogP contribution in [0.4, 0.5) is 5.95 Å². The van der Waals surface area contributed by atoms with Gasteiger partial charge >= 0.3 is 5.97 Å². The van der Waals surface area contributed by atoms with Crippen LogP contribution in [-0.2, 0) is 11.3 Å². The molecule has 0 saturated heterocycles. The predicted molar refractivity (Wildman–Crippen MR) is 92.6 cm³/mol. The summed E-state index contributed by atoms with van der Waals surface area (Å²) in [5, 5.41) is 15.7. The third-order valence-corrected chi connectivity index (χ3v) is 3.94. The van der Waals surface area contributed by atoms with E-state index in [1.54, 1.807) is 6.92 Å². The van der Waals surface area contributed by atoms with Crippen LogP contribution in [0.25, 0.3) is 11.0 Å². The molecule has 2 heterocycles. The fourth-order valence-corrected chi connectivity index (χ4v) is 2.62. The summed E-state index contributed by atoms with van der Waals surface area (Å²) < 4.78 is 3.29. The first kappa shape index (κ1) is 16.7. The van der Waals surface area contributed by atoms with E-state index in [4.69, 9.17) is 5.11 Å². The molecule has 25 heavy (non-hydrogen) atoms. The molecule has 2 N–H and O–H groups in total. The van der Waals surface area contributed by atoms with Crippen LogP contribution in [0, 0.1) is 0 Å². The number of carbonyl (C=O) groups is 2. The summed E-state index contributed by atoms with van der Waals surface area (Å²) in [6.45, 7) is 4.44. The number of fused-ring (bicyclic) bond motifs is 1. The van der Waals surface area contributed by atoms with Gasteiger partial charge in [0.2, 0.25) is 5.95 Å². The lowest BCUT2D eigenvalue weighted by atomic mass is 10.3. The second-order valence-electron chi connectivity index (χ2n) is 5.73. The quantitative estimate of drug-likeness (QED) is 0.717. The lowest BCUT2D eigenvalue weighted by Crippen LogP contribution is -2.26. The lowest BCUT2D eigenvalue weighted by molar-refractivity contribution is -0.119. The molecule has 1 aromatic carbocycles. The zero-order chi connectivity index (χ0) is 18.0. The van der Waals surface area contributed by atoms with E-state index in [0.717, 1.165) is 24.0 Å². The van der Waals surface area contributed by atoms with E-state index in [0.29, 0.717) is 5.95 Å². The Morgan fingerprint density at radius 3 is 2.72 bits per heavy atom. The van der Waals surface area contributed by atoms with Crippen molar-refractivity contribution in [1.82, 2.24) is 19.3 Å². The minimum Gasteiger partial charge on any atom is -0.476 e. The van der Waals surface area contributed by atoms with Crippen LogP contribution in [0.15, 0.2) is 36.5 Å². The Hall–Kier alpha value is -3.16. The highest BCUT2D eigenvalue weighted by Gasteiger charge is 2.20. The van der Waals surface area contributed by atoms with Gasteiger partial charge in [0.25, 0.3) is 5.91 Å². The second kappa shape index (κ2) is 6.76. The van der Waals surface area contributed by atoms with Gasteiger partial charge in [0.1, 0.15) is 6.04 Å². The van der Waals surface area contributed by atoms with Gasteiger partial charge in [0, 0.05) is 12.7 Å². The smallest absolute Gasteiger partial charge is 0.356 e. The number of aryl methyl sites for hydroxylation is 1. The third-order valence-electron chi connectivity index (χ3n) is 3.94. The van der Waals surface area contributed by atoms with Crippen LogP contribution in [0.2, 0.25) is 0 Å². The number of carboxylic acid groups (broad SMARTS) is 1. The monoisotopic (exact) mass is 341 g/mol. The molecule has 2 aromatic heterocycles. The minimum absolute atomic E-state index is 0.0992. The van der Waals surface area contributed by atoms with Crippen LogP contribution < -0.4 is 5.32 Å². The Bertz CT molecular complexity index is 927. The maximum Gasteiger partial charge on any atom is 0.356 e. The van der Waals surface area contributed by atoms with E-state index in [2.05, 4.69) is 22.3 Å². The Morgan fingerprint density at radius 2 is 2.04 bits per heavy atom. The van der Waals surface area contributed by atoms with Gasteiger partial charge in [-0.3, -0.25) is 14.8 Å². The van der Waals surface area contributed by atoms with Crippen molar-refractivity contribution in [3.8, 4) is 0 Å². The molecule has 0 aliphatic heterocycles. The third kappa shape index (κ3) is 3.23. The van der Waals surface area contributed by atoms with Gasteiger partial charge in [-0.05, 0) is 31.5 Å². The number of hydrogen-bond acceptors (Lipinski definition) is 4. The first-order valence-corrected chi connectivity index (χ1v) is 8.06. The van der Waals surface area contributed by atoms with Crippen LogP contribution in [-0.4, -0.2) is 36.3 Å². The van der Waals surface area contributed by atoms with Gasteiger partial charge in [-0.25, -0.2) is 9.78 Å². The average Bonchev–Trinajstić information content (AvgIpc) is 3.20. The first-order valence-electron chi connectivity index (χ1n) is 8.06. The fraction of sp³-hybridized carbons (Fsp3) is 0.294. The highest BCUT2D eigenvalue weighted by atomic mass is 16.4. The molecule has 0 saturated carbocycles. The van der Waals surface area contributed by atoms with Crippen molar-refractivity contribution in [2.75, 3.05) is 5.32 Å². The molecule has 3 rings (SSSR count). The van der Waals surface area contributed by atoms with Crippen molar-refractivity contribution in [1.29, 1.82) is 0 Å². The molecule has 0 fully saturated rings. The van der Waals surface area contributed by atoms with E-state index >= 15 is 0 Å². The van der Waals surface area contributed by atoms with E-state index in [1.165, 1.54) is 16.9 Å². The molecule has 0 aliphatic carbocycles. The van der Waals surface area contributed by atoms with Crippen LogP contribution >= 0.6 is 0 Å². The van der Waals surface area contributed by atoms with Gasteiger partial charge in [-0.1, -0.05) is 19.1 Å². The number of imidazole rings is 1. The van der Waals surface area contributed by atoms with Gasteiger partial charge < -0.3 is 9.67 Å². The Morgan fingerprint density at radius 1 is 1.28 bits per heavy atom. The molecule has 1 unspecified atom stereocenters. The molecule has 0 radical (unpaired) electrons. The average molecular weight is 341 g/mol. The molecule has 3 aromatic rings. The number of carbonyl (C=O) groups excluding carboxylic acids is 1. The molecule has 1 atom stereocenters. The number of para-hydroxylation sites is 2. The van der Waals surface area contributed by atoms with Crippen molar-refractivity contribution in [2.45, 2.75) is 32.9 Å². The summed E-state index contributed by atoms with van der Waals surface area (Å²) in [6, 6.07) is 8.39. The van der Waals surface area contributed by atoms with E-state index < -0.39 is 12.0 Å². The minimum atomic E-state index is -1.13. The van der Waals surface area contributed by atoms with Crippen LogP contribution in [0.3, 0.4) is 0 Å². The molecule has 1 amide bonds. The fourth-order valence-electron chi connectivity index (χ4n) is 2.62. The number of rotatable bonds is 6. The molecular weight excluding hydrogens is 322 g/mol. The molecule has 130 valence electrons. The Labute approximate surface area is 144 Å².